The second-order valence-electron chi connectivity index (χ2n) is 8.05. The molecule has 3 fully saturated rings. The van der Waals surface area contributed by atoms with Crippen molar-refractivity contribution in [2.24, 2.45) is 4.99 Å². The molecule has 3 saturated heterocycles. The van der Waals surface area contributed by atoms with Gasteiger partial charge in [0, 0.05) is 52.8 Å². The average Bonchev–Trinajstić information content (AvgIpc) is 3.42. The molecule has 0 saturated carbocycles. The van der Waals surface area contributed by atoms with Crippen LogP contribution in [0.3, 0.4) is 0 Å². The second kappa shape index (κ2) is 11.3. The highest BCUT2D eigenvalue weighted by atomic mass is 127. The fourth-order valence-corrected chi connectivity index (χ4v) is 4.43. The van der Waals surface area contributed by atoms with Crippen LogP contribution < -0.4 is 5.32 Å². The Hall–Kier alpha value is -1.39. The van der Waals surface area contributed by atoms with Crippen molar-refractivity contribution in [3.63, 3.8) is 0 Å². The SMILES string of the molecule is CN=C(NCc1cccc(CN2CCCC2=O)c1)N1CCOC(C2CCCO2)C1.I. The van der Waals surface area contributed by atoms with Crippen LogP contribution in [-0.4, -0.2) is 73.8 Å². The summed E-state index contributed by atoms with van der Waals surface area (Å²) in [5.74, 6) is 1.17. The third-order valence-corrected chi connectivity index (χ3v) is 5.97. The van der Waals surface area contributed by atoms with Gasteiger partial charge in [0.2, 0.25) is 5.91 Å². The number of carbonyl (C=O) groups is 1. The van der Waals surface area contributed by atoms with E-state index in [1.807, 2.05) is 11.9 Å². The molecule has 0 radical (unpaired) electrons. The lowest BCUT2D eigenvalue weighted by molar-refractivity contribution is -0.128. The van der Waals surface area contributed by atoms with Crippen LogP contribution in [0.5, 0.6) is 0 Å². The van der Waals surface area contributed by atoms with Gasteiger partial charge < -0.3 is 24.6 Å². The third-order valence-electron chi connectivity index (χ3n) is 5.97. The Morgan fingerprint density at radius 1 is 1.17 bits per heavy atom. The van der Waals surface area contributed by atoms with Crippen molar-refractivity contribution in [1.82, 2.24) is 15.1 Å². The Morgan fingerprint density at radius 2 is 2.00 bits per heavy atom. The lowest BCUT2D eigenvalue weighted by atomic mass is 10.1. The zero-order valence-corrected chi connectivity index (χ0v) is 20.0. The molecule has 2 unspecified atom stereocenters. The number of aliphatic imine (C=N–C) groups is 1. The first-order valence-corrected chi connectivity index (χ1v) is 10.8. The highest BCUT2D eigenvalue weighted by Crippen LogP contribution is 2.21. The molecule has 0 spiro atoms. The van der Waals surface area contributed by atoms with Crippen molar-refractivity contribution in [2.75, 3.05) is 39.9 Å². The minimum atomic E-state index is 0. The van der Waals surface area contributed by atoms with Gasteiger partial charge in [-0.1, -0.05) is 24.3 Å². The Labute approximate surface area is 196 Å². The number of ether oxygens (including phenoxy) is 2. The Bertz CT molecular complexity index is 739. The van der Waals surface area contributed by atoms with E-state index in [1.54, 1.807) is 0 Å². The molecule has 3 aliphatic rings. The van der Waals surface area contributed by atoms with Crippen LogP contribution in [-0.2, 0) is 27.4 Å². The number of hydrogen-bond acceptors (Lipinski definition) is 4. The first-order chi connectivity index (χ1) is 14.2. The van der Waals surface area contributed by atoms with Crippen LogP contribution in [0.1, 0.15) is 36.8 Å². The Balaban J connectivity index is 0.00000256. The minimum absolute atomic E-state index is 0. The van der Waals surface area contributed by atoms with Crippen LogP contribution in [0.25, 0.3) is 0 Å². The molecule has 3 heterocycles. The van der Waals surface area contributed by atoms with Gasteiger partial charge in [-0.3, -0.25) is 9.79 Å². The van der Waals surface area contributed by atoms with Gasteiger partial charge in [0.1, 0.15) is 6.10 Å². The van der Waals surface area contributed by atoms with Gasteiger partial charge in [0.15, 0.2) is 5.96 Å². The van der Waals surface area contributed by atoms with Crippen LogP contribution in [0, 0.1) is 0 Å². The van der Waals surface area contributed by atoms with E-state index in [9.17, 15) is 4.79 Å². The molecule has 2 atom stereocenters. The van der Waals surface area contributed by atoms with Crippen LogP contribution in [0.15, 0.2) is 29.3 Å². The Morgan fingerprint density at radius 3 is 2.73 bits per heavy atom. The quantitative estimate of drug-likeness (QED) is 0.361. The summed E-state index contributed by atoms with van der Waals surface area (Å²) in [5, 5.41) is 3.50. The van der Waals surface area contributed by atoms with E-state index < -0.39 is 0 Å². The van der Waals surface area contributed by atoms with E-state index >= 15 is 0 Å². The number of likely N-dealkylation sites (tertiary alicyclic amines) is 1. The molecule has 8 heteroatoms. The predicted molar refractivity (Wildman–Crippen MR) is 127 cm³/mol. The maximum atomic E-state index is 11.9. The fourth-order valence-electron chi connectivity index (χ4n) is 4.43. The monoisotopic (exact) mass is 528 g/mol. The van der Waals surface area contributed by atoms with Crippen LogP contribution >= 0.6 is 24.0 Å². The summed E-state index contributed by atoms with van der Waals surface area (Å²) in [6.45, 7) is 5.46. The van der Waals surface area contributed by atoms with Crippen molar-refractivity contribution < 1.29 is 14.3 Å². The lowest BCUT2D eigenvalue weighted by Gasteiger charge is -2.37. The minimum Gasteiger partial charge on any atom is -0.375 e. The average molecular weight is 528 g/mol. The van der Waals surface area contributed by atoms with Gasteiger partial charge >= 0.3 is 0 Å². The zero-order valence-electron chi connectivity index (χ0n) is 17.7. The molecule has 30 heavy (non-hydrogen) atoms. The highest BCUT2D eigenvalue weighted by Gasteiger charge is 2.32. The molecule has 1 amide bonds. The van der Waals surface area contributed by atoms with Crippen molar-refractivity contribution >= 4 is 35.8 Å². The summed E-state index contributed by atoms with van der Waals surface area (Å²) in [6.07, 6.45) is 4.19. The summed E-state index contributed by atoms with van der Waals surface area (Å²) in [6, 6.07) is 8.46. The molecule has 0 aliphatic carbocycles. The van der Waals surface area contributed by atoms with Gasteiger partial charge in [0.05, 0.1) is 12.7 Å². The number of morpholine rings is 1. The van der Waals surface area contributed by atoms with Gasteiger partial charge in [-0.25, -0.2) is 0 Å². The third kappa shape index (κ3) is 5.85. The topological polar surface area (TPSA) is 66.4 Å². The molecule has 4 rings (SSSR count). The molecule has 7 nitrogen and oxygen atoms in total. The van der Waals surface area contributed by atoms with E-state index in [4.69, 9.17) is 9.47 Å². The summed E-state index contributed by atoms with van der Waals surface area (Å²) in [7, 11) is 1.83. The number of carbonyl (C=O) groups excluding carboxylic acids is 1. The van der Waals surface area contributed by atoms with E-state index in [-0.39, 0.29) is 42.1 Å². The molecule has 3 aliphatic heterocycles. The number of guanidine groups is 1. The summed E-state index contributed by atoms with van der Waals surface area (Å²) >= 11 is 0. The lowest BCUT2D eigenvalue weighted by Crippen LogP contribution is -2.53. The van der Waals surface area contributed by atoms with Gasteiger partial charge in [-0.2, -0.15) is 0 Å². The van der Waals surface area contributed by atoms with Gasteiger partial charge in [0.25, 0.3) is 0 Å². The number of nitrogens with zero attached hydrogens (tertiary/aromatic N) is 3. The first kappa shape index (κ1) is 23.3. The molecule has 1 aromatic carbocycles. The first-order valence-electron chi connectivity index (χ1n) is 10.8. The van der Waals surface area contributed by atoms with Crippen molar-refractivity contribution in [1.29, 1.82) is 0 Å². The van der Waals surface area contributed by atoms with Crippen molar-refractivity contribution in [2.45, 2.75) is 51.0 Å². The van der Waals surface area contributed by atoms with Gasteiger partial charge in [-0.05, 0) is 30.4 Å². The predicted octanol–water partition coefficient (Wildman–Crippen LogP) is 2.38. The standard InChI is InChI=1S/C22H32N4O3.HI/c1-23-22(26-10-12-29-20(16-26)19-7-4-11-28-19)24-14-17-5-2-6-18(13-17)15-25-9-3-8-21(25)27;/h2,5-6,13,19-20H,3-4,7-12,14-16H2,1H3,(H,23,24);1H. The van der Waals surface area contributed by atoms with E-state index in [1.165, 1.54) is 11.1 Å². The molecule has 0 bridgehead atoms. The smallest absolute Gasteiger partial charge is 0.222 e. The van der Waals surface area contributed by atoms with Crippen molar-refractivity contribution in [3.8, 4) is 0 Å². The van der Waals surface area contributed by atoms with Crippen LogP contribution in [0.2, 0.25) is 0 Å². The number of rotatable bonds is 5. The molecule has 1 aromatic rings. The van der Waals surface area contributed by atoms with Gasteiger partial charge in [-0.15, -0.1) is 24.0 Å². The van der Waals surface area contributed by atoms with E-state index in [0.29, 0.717) is 26.1 Å². The number of nitrogens with one attached hydrogen (secondary N) is 1. The molecular weight excluding hydrogens is 495 g/mol. The normalized spacial score (nSPS) is 24.8. The fraction of sp³-hybridized carbons (Fsp3) is 0.636. The summed E-state index contributed by atoms with van der Waals surface area (Å²) in [5.41, 5.74) is 2.37. The maximum Gasteiger partial charge on any atom is 0.222 e. The summed E-state index contributed by atoms with van der Waals surface area (Å²) < 4.78 is 11.8. The van der Waals surface area contributed by atoms with Crippen molar-refractivity contribution in [3.05, 3.63) is 35.4 Å². The maximum absolute atomic E-state index is 11.9. The summed E-state index contributed by atoms with van der Waals surface area (Å²) in [4.78, 5) is 20.6. The number of benzene rings is 1. The largest absolute Gasteiger partial charge is 0.375 e. The van der Waals surface area contributed by atoms with E-state index in [2.05, 4.69) is 39.5 Å². The molecule has 0 aromatic heterocycles. The zero-order chi connectivity index (χ0) is 20.1. The molecule has 166 valence electrons. The second-order valence-corrected chi connectivity index (χ2v) is 8.05. The molecule has 1 N–H and O–H groups in total. The highest BCUT2D eigenvalue weighted by molar-refractivity contribution is 14.0. The Kier molecular flexibility index (Phi) is 8.76. The van der Waals surface area contributed by atoms with Crippen LogP contribution in [0.4, 0.5) is 0 Å². The van der Waals surface area contributed by atoms with E-state index in [0.717, 1.165) is 51.5 Å². The number of halogens is 1. The number of amides is 1. The number of hydrogen-bond donors (Lipinski definition) is 1. The molecular formula is C22H33IN4O3.